The predicted molar refractivity (Wildman–Crippen MR) is 40.3 cm³/mol. The van der Waals surface area contributed by atoms with Crippen LogP contribution in [0.2, 0.25) is 0 Å². The summed E-state index contributed by atoms with van der Waals surface area (Å²) in [6.07, 6.45) is 0. The van der Waals surface area contributed by atoms with E-state index in [0.29, 0.717) is 11.0 Å². The number of H-pyrrole nitrogens is 2. The van der Waals surface area contributed by atoms with Crippen LogP contribution in [0, 0.1) is 0 Å². The molecule has 2 N–H and O–H groups in total. The number of hydrogen-bond donors (Lipinski definition) is 2. The molecule has 1 aromatic rings. The van der Waals surface area contributed by atoms with E-state index >= 15 is 0 Å². The summed E-state index contributed by atoms with van der Waals surface area (Å²) in [5.74, 6) is 0. The third kappa shape index (κ3) is 1.57. The van der Waals surface area contributed by atoms with Gasteiger partial charge in [-0.1, -0.05) is 15.9 Å². The van der Waals surface area contributed by atoms with Crippen molar-refractivity contribution in [1.29, 1.82) is 0 Å². The highest BCUT2D eigenvalue weighted by Gasteiger charge is 1.91. The van der Waals surface area contributed by atoms with Crippen LogP contribution < -0.4 is 11.2 Å². The number of hydrogen-bond acceptors (Lipinski definition) is 2. The Morgan fingerprint density at radius 1 is 1.40 bits per heavy atom. The van der Waals surface area contributed by atoms with Gasteiger partial charge >= 0.3 is 5.69 Å². The Morgan fingerprint density at radius 2 is 2.10 bits per heavy atom. The summed E-state index contributed by atoms with van der Waals surface area (Å²) in [5.41, 5.74) is -0.270. The molecule has 1 heterocycles. The highest BCUT2D eigenvalue weighted by Crippen LogP contribution is 1.92. The van der Waals surface area contributed by atoms with Gasteiger partial charge in [-0.15, -0.1) is 0 Å². The molecule has 0 unspecified atom stereocenters. The largest absolute Gasteiger partial charge is 0.325 e. The SMILES string of the molecule is O=c1cc(CBr)[nH]c(=O)[nH]1. The molecular formula is C5H5BrN2O2. The number of nitrogens with one attached hydrogen (secondary N) is 2. The fourth-order valence-corrected chi connectivity index (χ4v) is 0.893. The van der Waals surface area contributed by atoms with Gasteiger partial charge in [-0.25, -0.2) is 4.79 Å². The Balaban J connectivity index is 3.33. The molecule has 0 aliphatic heterocycles. The van der Waals surface area contributed by atoms with Gasteiger partial charge in [0, 0.05) is 17.1 Å². The Labute approximate surface area is 64.4 Å². The van der Waals surface area contributed by atoms with Crippen molar-refractivity contribution in [3.63, 3.8) is 0 Å². The van der Waals surface area contributed by atoms with Crippen LogP contribution in [0.3, 0.4) is 0 Å². The van der Waals surface area contributed by atoms with E-state index in [4.69, 9.17) is 0 Å². The summed E-state index contributed by atoms with van der Waals surface area (Å²) in [6, 6.07) is 1.33. The van der Waals surface area contributed by atoms with Crippen LogP contribution in [0.4, 0.5) is 0 Å². The van der Waals surface area contributed by atoms with Crippen LogP contribution in [0.1, 0.15) is 5.69 Å². The predicted octanol–water partition coefficient (Wildman–Crippen LogP) is -0.0419. The number of halogens is 1. The molecule has 1 aromatic heterocycles. The monoisotopic (exact) mass is 204 g/mol. The first-order valence-corrected chi connectivity index (χ1v) is 3.73. The first kappa shape index (κ1) is 7.27. The zero-order chi connectivity index (χ0) is 7.56. The molecular weight excluding hydrogens is 200 g/mol. The molecule has 10 heavy (non-hydrogen) atoms. The summed E-state index contributed by atoms with van der Waals surface area (Å²) >= 11 is 3.10. The molecule has 0 radical (unpaired) electrons. The molecule has 4 nitrogen and oxygen atoms in total. The summed E-state index contributed by atoms with van der Waals surface area (Å²) in [7, 11) is 0. The van der Waals surface area contributed by atoms with Crippen molar-refractivity contribution in [3.05, 3.63) is 32.6 Å². The highest BCUT2D eigenvalue weighted by atomic mass is 79.9. The fourth-order valence-electron chi connectivity index (χ4n) is 0.591. The number of alkyl halides is 1. The molecule has 54 valence electrons. The Morgan fingerprint density at radius 3 is 2.60 bits per heavy atom. The quantitative estimate of drug-likeness (QED) is 0.631. The van der Waals surface area contributed by atoms with Gasteiger partial charge in [-0.3, -0.25) is 9.78 Å². The van der Waals surface area contributed by atoms with Gasteiger partial charge in [0.25, 0.3) is 5.56 Å². The topological polar surface area (TPSA) is 65.7 Å². The fraction of sp³-hybridized carbons (Fsp3) is 0.200. The minimum absolute atomic E-state index is 0.377. The maximum Gasteiger partial charge on any atom is 0.325 e. The summed E-state index contributed by atoms with van der Waals surface area (Å²) < 4.78 is 0. The molecule has 0 fully saturated rings. The van der Waals surface area contributed by atoms with E-state index in [2.05, 4.69) is 25.9 Å². The van der Waals surface area contributed by atoms with Crippen molar-refractivity contribution in [1.82, 2.24) is 9.97 Å². The van der Waals surface area contributed by atoms with Crippen LogP contribution in [0.5, 0.6) is 0 Å². The Kier molecular flexibility index (Phi) is 2.06. The Bertz CT molecular complexity index is 299. The van der Waals surface area contributed by atoms with E-state index < -0.39 is 5.69 Å². The van der Waals surface area contributed by atoms with E-state index in [0.717, 1.165) is 0 Å². The van der Waals surface area contributed by atoms with E-state index in [9.17, 15) is 9.59 Å². The smallest absolute Gasteiger partial charge is 0.310 e. The minimum atomic E-state index is -0.470. The summed E-state index contributed by atoms with van der Waals surface area (Å²) in [4.78, 5) is 25.6. The first-order chi connectivity index (χ1) is 4.72. The average Bonchev–Trinajstić information content (AvgIpc) is 1.85. The molecule has 0 aliphatic rings. The zero-order valence-electron chi connectivity index (χ0n) is 4.98. The molecule has 1 rings (SSSR count). The van der Waals surface area contributed by atoms with E-state index in [1.807, 2.05) is 0 Å². The number of aromatic amines is 2. The average molecular weight is 205 g/mol. The Hall–Kier alpha value is -0.840. The van der Waals surface area contributed by atoms with Crippen LogP contribution in [-0.2, 0) is 5.33 Å². The molecule has 0 saturated carbocycles. The molecule has 0 amide bonds. The standard InChI is InChI=1S/C5H5BrN2O2/c6-2-3-1-4(9)8-5(10)7-3/h1H,2H2,(H2,7,8,9,10). The van der Waals surface area contributed by atoms with E-state index in [-0.39, 0.29) is 5.56 Å². The molecule has 0 atom stereocenters. The molecule has 0 aliphatic carbocycles. The molecule has 0 aromatic carbocycles. The van der Waals surface area contributed by atoms with Gasteiger partial charge in [-0.05, 0) is 0 Å². The van der Waals surface area contributed by atoms with Crippen molar-refractivity contribution in [2.45, 2.75) is 5.33 Å². The van der Waals surface area contributed by atoms with Crippen molar-refractivity contribution in [2.75, 3.05) is 0 Å². The van der Waals surface area contributed by atoms with Crippen LogP contribution in [0.15, 0.2) is 15.7 Å². The van der Waals surface area contributed by atoms with E-state index in [1.54, 1.807) is 0 Å². The third-order valence-corrected chi connectivity index (χ3v) is 1.56. The molecule has 5 heteroatoms. The van der Waals surface area contributed by atoms with Crippen molar-refractivity contribution < 1.29 is 0 Å². The normalized spacial score (nSPS) is 9.70. The van der Waals surface area contributed by atoms with Crippen molar-refractivity contribution >= 4 is 15.9 Å². The van der Waals surface area contributed by atoms with Gasteiger partial charge in [0.15, 0.2) is 0 Å². The lowest BCUT2D eigenvalue weighted by Crippen LogP contribution is -2.22. The summed E-state index contributed by atoms with van der Waals surface area (Å²) in [6.45, 7) is 0. The van der Waals surface area contributed by atoms with Crippen LogP contribution >= 0.6 is 15.9 Å². The summed E-state index contributed by atoms with van der Waals surface area (Å²) in [5, 5.41) is 0.478. The van der Waals surface area contributed by atoms with Gasteiger partial charge in [0.05, 0.1) is 0 Å². The number of rotatable bonds is 1. The molecule has 0 bridgehead atoms. The maximum atomic E-state index is 10.6. The minimum Gasteiger partial charge on any atom is -0.310 e. The second-order valence-corrected chi connectivity index (χ2v) is 2.31. The maximum absolute atomic E-state index is 10.6. The van der Waals surface area contributed by atoms with Crippen molar-refractivity contribution in [3.8, 4) is 0 Å². The van der Waals surface area contributed by atoms with Gasteiger partial charge in [0.2, 0.25) is 0 Å². The van der Waals surface area contributed by atoms with Gasteiger partial charge in [0.1, 0.15) is 0 Å². The van der Waals surface area contributed by atoms with Gasteiger partial charge in [-0.2, -0.15) is 0 Å². The third-order valence-electron chi connectivity index (χ3n) is 0.960. The van der Waals surface area contributed by atoms with Crippen LogP contribution in [-0.4, -0.2) is 9.97 Å². The zero-order valence-corrected chi connectivity index (χ0v) is 6.56. The first-order valence-electron chi connectivity index (χ1n) is 2.61. The number of aromatic nitrogens is 2. The molecule has 0 saturated heterocycles. The lowest BCUT2D eigenvalue weighted by Gasteiger charge is -1.89. The second kappa shape index (κ2) is 2.83. The lowest BCUT2D eigenvalue weighted by molar-refractivity contribution is 0.989. The van der Waals surface area contributed by atoms with Gasteiger partial charge < -0.3 is 4.98 Å². The highest BCUT2D eigenvalue weighted by molar-refractivity contribution is 9.08. The lowest BCUT2D eigenvalue weighted by atomic mass is 10.5. The molecule has 0 spiro atoms. The van der Waals surface area contributed by atoms with Crippen molar-refractivity contribution in [2.24, 2.45) is 0 Å². The second-order valence-electron chi connectivity index (χ2n) is 1.75. The van der Waals surface area contributed by atoms with Crippen LogP contribution in [0.25, 0.3) is 0 Å². The van der Waals surface area contributed by atoms with E-state index in [1.165, 1.54) is 6.07 Å².